The molecule has 29 heavy (non-hydrogen) atoms. The van der Waals surface area contributed by atoms with Crippen molar-refractivity contribution in [2.75, 3.05) is 11.4 Å². The van der Waals surface area contributed by atoms with Crippen LogP contribution in [0.15, 0.2) is 65.8 Å². The number of ether oxygens (including phenoxy) is 1. The van der Waals surface area contributed by atoms with Gasteiger partial charge in [0.25, 0.3) is 15.8 Å². The Balaban J connectivity index is 1.59. The Morgan fingerprint density at radius 2 is 1.76 bits per heavy atom. The number of anilines is 1. The molecular weight excluding hydrogens is 397 g/mol. The molecule has 0 fully saturated rings. The number of benzene rings is 2. The Morgan fingerprint density at radius 1 is 1.07 bits per heavy atom. The first-order valence-corrected chi connectivity index (χ1v) is 9.98. The summed E-state index contributed by atoms with van der Waals surface area (Å²) in [4.78, 5) is 8.30. The van der Waals surface area contributed by atoms with Crippen molar-refractivity contribution in [3.63, 3.8) is 0 Å². The maximum atomic E-state index is 13.1. The first-order chi connectivity index (χ1) is 13.8. The lowest BCUT2D eigenvalue weighted by molar-refractivity contribution is 0.445. The van der Waals surface area contributed by atoms with Gasteiger partial charge in [0.1, 0.15) is 17.9 Å². The van der Waals surface area contributed by atoms with Crippen molar-refractivity contribution in [3.05, 3.63) is 72.4 Å². The van der Waals surface area contributed by atoms with Crippen molar-refractivity contribution in [1.82, 2.24) is 19.6 Å². The zero-order valence-electron chi connectivity index (χ0n) is 15.5. The van der Waals surface area contributed by atoms with E-state index in [0.29, 0.717) is 23.1 Å². The van der Waals surface area contributed by atoms with Gasteiger partial charge in [-0.15, -0.1) is 0 Å². The van der Waals surface area contributed by atoms with Crippen molar-refractivity contribution in [2.45, 2.75) is 11.8 Å². The Bertz CT molecular complexity index is 1270. The average molecular weight is 413 g/mol. The van der Waals surface area contributed by atoms with Crippen LogP contribution in [0.2, 0.25) is 0 Å². The molecule has 4 rings (SSSR count). The fourth-order valence-electron chi connectivity index (χ4n) is 2.72. The highest BCUT2D eigenvalue weighted by Gasteiger charge is 2.21. The minimum absolute atomic E-state index is 0.00237. The number of nitrogens with zero attached hydrogens (tertiary/aromatic N) is 5. The minimum Gasteiger partial charge on any atom is -0.439 e. The number of halogens is 1. The van der Waals surface area contributed by atoms with E-state index < -0.39 is 15.8 Å². The van der Waals surface area contributed by atoms with Gasteiger partial charge in [0, 0.05) is 18.8 Å². The molecule has 8 nitrogen and oxygen atoms in total. The van der Waals surface area contributed by atoms with Crippen LogP contribution in [0.25, 0.3) is 5.78 Å². The number of aryl methyl sites for hydroxylation is 1. The second-order valence-corrected chi connectivity index (χ2v) is 8.20. The van der Waals surface area contributed by atoms with Gasteiger partial charge in [-0.05, 0) is 55.5 Å². The summed E-state index contributed by atoms with van der Waals surface area (Å²) in [7, 11) is -2.38. The van der Waals surface area contributed by atoms with Gasteiger partial charge >= 0.3 is 0 Å². The zero-order chi connectivity index (χ0) is 20.6. The molecule has 0 aliphatic heterocycles. The van der Waals surface area contributed by atoms with E-state index in [2.05, 4.69) is 15.1 Å². The van der Waals surface area contributed by atoms with Gasteiger partial charge in [-0.25, -0.2) is 17.8 Å². The van der Waals surface area contributed by atoms with E-state index in [9.17, 15) is 12.8 Å². The summed E-state index contributed by atoms with van der Waals surface area (Å²) in [6, 6.07) is 12.9. The van der Waals surface area contributed by atoms with E-state index in [0.717, 1.165) is 22.1 Å². The summed E-state index contributed by atoms with van der Waals surface area (Å²) in [6.07, 6.45) is 1.38. The highest BCUT2D eigenvalue weighted by atomic mass is 32.2. The lowest BCUT2D eigenvalue weighted by atomic mass is 10.3. The SMILES string of the molecule is Cc1cc(Oc2ccc(N(C)S(=O)(=O)c3ccc(F)cc3)cc2)n2ncnc2n1. The third-order valence-corrected chi connectivity index (χ3v) is 6.04. The van der Waals surface area contributed by atoms with Crippen molar-refractivity contribution >= 4 is 21.5 Å². The molecule has 0 saturated carbocycles. The van der Waals surface area contributed by atoms with Gasteiger partial charge in [-0.2, -0.15) is 14.6 Å². The molecule has 2 aromatic heterocycles. The summed E-state index contributed by atoms with van der Waals surface area (Å²) in [5.74, 6) is 0.844. The first kappa shape index (κ1) is 18.8. The van der Waals surface area contributed by atoms with Gasteiger partial charge < -0.3 is 4.74 Å². The van der Waals surface area contributed by atoms with Crippen molar-refractivity contribution in [1.29, 1.82) is 0 Å². The summed E-state index contributed by atoms with van der Waals surface area (Å²) in [5, 5.41) is 4.08. The third-order valence-electron chi connectivity index (χ3n) is 4.24. The Hall–Kier alpha value is -3.53. The standard InChI is InChI=1S/C19H16FN5O3S/c1-13-11-18(25-19(23-13)21-12-22-25)28-16-7-5-15(6-8-16)24(2)29(26,27)17-9-3-14(20)4-10-17/h3-12H,1-2H3. The van der Waals surface area contributed by atoms with Crippen LogP contribution in [0, 0.1) is 12.7 Å². The summed E-state index contributed by atoms with van der Waals surface area (Å²) in [5.41, 5.74) is 1.15. The molecule has 0 aliphatic rings. The molecule has 0 spiro atoms. The Kier molecular flexibility index (Phi) is 4.63. The normalized spacial score (nSPS) is 11.6. The summed E-state index contributed by atoms with van der Waals surface area (Å²) < 4.78 is 47.0. The summed E-state index contributed by atoms with van der Waals surface area (Å²) >= 11 is 0. The predicted molar refractivity (Wildman–Crippen MR) is 104 cm³/mol. The fraction of sp³-hybridized carbons (Fsp3) is 0.105. The largest absolute Gasteiger partial charge is 0.439 e. The molecule has 0 unspecified atom stereocenters. The maximum Gasteiger partial charge on any atom is 0.264 e. The van der Waals surface area contributed by atoms with Gasteiger partial charge in [-0.1, -0.05) is 0 Å². The third kappa shape index (κ3) is 3.61. The van der Waals surface area contributed by atoms with E-state index in [1.165, 1.54) is 30.0 Å². The van der Waals surface area contributed by atoms with Crippen LogP contribution in [0.4, 0.5) is 10.1 Å². The van der Waals surface area contributed by atoms with Crippen LogP contribution in [-0.2, 0) is 10.0 Å². The monoisotopic (exact) mass is 413 g/mol. The van der Waals surface area contributed by atoms with Gasteiger partial charge in [0.15, 0.2) is 0 Å². The minimum atomic E-state index is -3.81. The number of rotatable bonds is 5. The molecule has 0 atom stereocenters. The van der Waals surface area contributed by atoms with Crippen molar-refractivity contribution < 1.29 is 17.5 Å². The Labute approximate surface area is 166 Å². The maximum absolute atomic E-state index is 13.1. The zero-order valence-corrected chi connectivity index (χ0v) is 16.3. The fourth-order valence-corrected chi connectivity index (χ4v) is 3.91. The number of aromatic nitrogens is 4. The molecule has 148 valence electrons. The van der Waals surface area contributed by atoms with Crippen LogP contribution < -0.4 is 9.04 Å². The van der Waals surface area contributed by atoms with Crippen LogP contribution in [0.3, 0.4) is 0 Å². The molecule has 0 radical (unpaired) electrons. The number of sulfonamides is 1. The van der Waals surface area contributed by atoms with E-state index in [-0.39, 0.29) is 4.90 Å². The lowest BCUT2D eigenvalue weighted by Crippen LogP contribution is -2.26. The molecular formula is C19H16FN5O3S. The smallest absolute Gasteiger partial charge is 0.264 e. The van der Waals surface area contributed by atoms with Crippen LogP contribution >= 0.6 is 0 Å². The number of fused-ring (bicyclic) bond motifs is 1. The number of hydrogen-bond acceptors (Lipinski definition) is 6. The summed E-state index contributed by atoms with van der Waals surface area (Å²) in [6.45, 7) is 1.82. The van der Waals surface area contributed by atoms with Crippen LogP contribution in [-0.4, -0.2) is 35.0 Å². The second kappa shape index (κ2) is 7.13. The topological polar surface area (TPSA) is 89.7 Å². The number of hydrogen-bond donors (Lipinski definition) is 0. The average Bonchev–Trinajstić information content (AvgIpc) is 3.17. The van der Waals surface area contributed by atoms with E-state index in [1.54, 1.807) is 30.3 Å². The van der Waals surface area contributed by atoms with E-state index in [4.69, 9.17) is 4.74 Å². The molecule has 2 heterocycles. The Morgan fingerprint density at radius 3 is 2.45 bits per heavy atom. The predicted octanol–water partition coefficient (Wildman–Crippen LogP) is 3.19. The van der Waals surface area contributed by atoms with Gasteiger partial charge in [0.05, 0.1) is 10.6 Å². The molecule has 10 heteroatoms. The molecule has 0 aliphatic carbocycles. The van der Waals surface area contributed by atoms with Crippen LogP contribution in [0.5, 0.6) is 11.6 Å². The molecule has 0 amide bonds. The lowest BCUT2D eigenvalue weighted by Gasteiger charge is -2.20. The van der Waals surface area contributed by atoms with Crippen molar-refractivity contribution in [3.8, 4) is 11.6 Å². The second-order valence-electron chi connectivity index (χ2n) is 6.23. The molecule has 0 bridgehead atoms. The highest BCUT2D eigenvalue weighted by molar-refractivity contribution is 7.92. The first-order valence-electron chi connectivity index (χ1n) is 8.54. The quantitative estimate of drug-likeness (QED) is 0.499. The van der Waals surface area contributed by atoms with Gasteiger partial charge in [-0.3, -0.25) is 4.31 Å². The van der Waals surface area contributed by atoms with E-state index >= 15 is 0 Å². The molecule has 4 aromatic rings. The van der Waals surface area contributed by atoms with Crippen molar-refractivity contribution in [2.24, 2.45) is 0 Å². The highest BCUT2D eigenvalue weighted by Crippen LogP contribution is 2.27. The molecule has 0 saturated heterocycles. The molecule has 2 aromatic carbocycles. The van der Waals surface area contributed by atoms with Crippen LogP contribution in [0.1, 0.15) is 5.69 Å². The van der Waals surface area contributed by atoms with Gasteiger partial charge in [0.2, 0.25) is 5.88 Å². The molecule has 0 N–H and O–H groups in total. The van der Waals surface area contributed by atoms with E-state index in [1.807, 2.05) is 6.92 Å².